The third-order valence-corrected chi connectivity index (χ3v) is 4.54. The molecule has 9 heteroatoms. The fourth-order valence-electron chi connectivity index (χ4n) is 2.96. The average molecular weight is 401 g/mol. The second-order valence-electron chi connectivity index (χ2n) is 5.47. The molecule has 0 saturated heterocycles. The summed E-state index contributed by atoms with van der Waals surface area (Å²) in [4.78, 5) is 27.6. The van der Waals surface area contributed by atoms with Crippen LogP contribution in [0.4, 0.5) is 11.4 Å². The van der Waals surface area contributed by atoms with E-state index in [2.05, 4.69) is 31.1 Å². The first-order valence-corrected chi connectivity index (χ1v) is 7.93. The van der Waals surface area contributed by atoms with Crippen LogP contribution in [-0.4, -0.2) is 20.0 Å². The van der Waals surface area contributed by atoms with Crippen LogP contribution in [0.15, 0.2) is 46.0 Å². The summed E-state index contributed by atoms with van der Waals surface area (Å²) in [6, 6.07) is 9.54. The predicted molar refractivity (Wildman–Crippen MR) is 97.1 cm³/mol. The molecule has 0 amide bonds. The van der Waals surface area contributed by atoms with Crippen molar-refractivity contribution in [2.24, 2.45) is 5.18 Å². The zero-order valence-electron chi connectivity index (χ0n) is 12.4. The van der Waals surface area contributed by atoms with E-state index in [1.165, 1.54) is 18.2 Å². The first kappa shape index (κ1) is 15.3. The zero-order valence-corrected chi connectivity index (χ0v) is 14.0. The lowest BCUT2D eigenvalue weighted by molar-refractivity contribution is -0.384. The smallest absolute Gasteiger partial charge is 0.271 e. The van der Waals surface area contributed by atoms with Crippen LogP contribution in [0.25, 0.3) is 33.1 Å². The molecule has 8 nitrogen and oxygen atoms in total. The number of non-ortho nitro benzene ring substituents is 1. The Balaban J connectivity index is 2.04. The summed E-state index contributed by atoms with van der Waals surface area (Å²) in [5, 5.41) is 25.5. The van der Waals surface area contributed by atoms with E-state index in [1.807, 2.05) is 6.07 Å². The van der Waals surface area contributed by atoms with E-state index in [9.17, 15) is 20.1 Å². The lowest BCUT2D eigenvalue weighted by atomic mass is 10.1. The largest absolute Gasteiger partial charge is 0.494 e. The summed E-state index contributed by atoms with van der Waals surface area (Å²) >= 11 is 3.35. The maximum absolute atomic E-state index is 11.4. The van der Waals surface area contributed by atoms with Crippen LogP contribution in [0, 0.1) is 15.0 Å². The first-order valence-electron chi connectivity index (χ1n) is 7.13. The number of halogens is 1. The van der Waals surface area contributed by atoms with Gasteiger partial charge in [-0.05, 0) is 29.4 Å². The van der Waals surface area contributed by atoms with Gasteiger partial charge in [-0.25, -0.2) is 0 Å². The van der Waals surface area contributed by atoms with Crippen molar-refractivity contribution in [3.63, 3.8) is 0 Å². The van der Waals surface area contributed by atoms with E-state index < -0.39 is 4.92 Å². The summed E-state index contributed by atoms with van der Waals surface area (Å²) < 4.78 is 0.786. The van der Waals surface area contributed by atoms with Crippen LogP contribution in [0.3, 0.4) is 0 Å². The highest BCUT2D eigenvalue weighted by Gasteiger charge is 2.22. The molecule has 2 aromatic carbocycles. The molecule has 2 heterocycles. The Bertz CT molecular complexity index is 1180. The monoisotopic (exact) mass is 400 g/mol. The van der Waals surface area contributed by atoms with Gasteiger partial charge in [0.1, 0.15) is 5.69 Å². The lowest BCUT2D eigenvalue weighted by Gasteiger charge is -1.98. The number of hydrogen-bond acceptors (Lipinski definition) is 5. The molecule has 0 atom stereocenters. The molecule has 0 aliphatic carbocycles. The first-order chi connectivity index (χ1) is 12.0. The molecule has 2 aromatic heterocycles. The number of nitrogens with zero attached hydrogens (tertiary/aromatic N) is 2. The van der Waals surface area contributed by atoms with Crippen molar-refractivity contribution < 1.29 is 10.0 Å². The third kappa shape index (κ3) is 2.28. The highest BCUT2D eigenvalue weighted by molar-refractivity contribution is 9.10. The van der Waals surface area contributed by atoms with Crippen molar-refractivity contribution in [1.29, 1.82) is 0 Å². The maximum atomic E-state index is 11.4. The summed E-state index contributed by atoms with van der Waals surface area (Å²) in [6.45, 7) is 0. The predicted octanol–water partition coefficient (Wildman–Crippen LogP) is 5.09. The second kappa shape index (κ2) is 5.42. The number of hydrogen-bond donors (Lipinski definition) is 3. The molecule has 4 rings (SSSR count). The normalized spacial score (nSPS) is 11.2. The molecule has 0 fully saturated rings. The summed E-state index contributed by atoms with van der Waals surface area (Å²) in [5.41, 5.74) is 1.81. The number of rotatable bonds is 3. The van der Waals surface area contributed by atoms with Crippen LogP contribution in [-0.2, 0) is 0 Å². The molecule has 4 aromatic rings. The number of nitrogens with one attached hydrogen (secondary N) is 2. The van der Waals surface area contributed by atoms with Gasteiger partial charge < -0.3 is 15.1 Å². The number of aromatic nitrogens is 2. The van der Waals surface area contributed by atoms with E-state index >= 15 is 0 Å². The lowest BCUT2D eigenvalue weighted by Crippen LogP contribution is -1.86. The van der Waals surface area contributed by atoms with Crippen molar-refractivity contribution in [2.45, 2.75) is 0 Å². The van der Waals surface area contributed by atoms with Crippen molar-refractivity contribution in [2.75, 3.05) is 0 Å². The molecule has 0 unspecified atom stereocenters. The van der Waals surface area contributed by atoms with Gasteiger partial charge in [-0.2, -0.15) is 0 Å². The van der Waals surface area contributed by atoms with Crippen LogP contribution in [0.1, 0.15) is 0 Å². The van der Waals surface area contributed by atoms with E-state index in [0.29, 0.717) is 33.1 Å². The Labute approximate surface area is 147 Å². The van der Waals surface area contributed by atoms with Crippen LogP contribution in [0.2, 0.25) is 0 Å². The molecule has 3 N–H and O–H groups in total. The SMILES string of the molecule is O=Nc1c(-c2c(O)[nH]c3cc([N+](=O)[O-])ccc23)[nH]c2ccc(Br)cc12. The highest BCUT2D eigenvalue weighted by atomic mass is 79.9. The molecule has 0 radical (unpaired) electrons. The van der Waals surface area contributed by atoms with Crippen molar-refractivity contribution in [3.05, 3.63) is 55.9 Å². The molecule has 0 aliphatic heterocycles. The van der Waals surface area contributed by atoms with Crippen LogP contribution in [0.5, 0.6) is 5.88 Å². The molecular weight excluding hydrogens is 392 g/mol. The van der Waals surface area contributed by atoms with E-state index in [4.69, 9.17) is 0 Å². The van der Waals surface area contributed by atoms with Crippen molar-refractivity contribution in [3.8, 4) is 17.1 Å². The van der Waals surface area contributed by atoms with Gasteiger partial charge in [-0.3, -0.25) is 10.1 Å². The standard InChI is InChI=1S/C16H9BrN4O4/c17-7-1-4-11-10(5-7)14(20-23)15(18-11)13-9-3-2-8(21(24)25)6-12(9)19-16(13)22/h1-6,18-19,22H. The molecule has 124 valence electrons. The summed E-state index contributed by atoms with van der Waals surface area (Å²) in [5.74, 6) is -0.203. The maximum Gasteiger partial charge on any atom is 0.271 e. The van der Waals surface area contributed by atoms with Gasteiger partial charge in [0.2, 0.25) is 0 Å². The fourth-order valence-corrected chi connectivity index (χ4v) is 3.32. The number of H-pyrrole nitrogens is 2. The number of nitro benzene ring substituents is 1. The molecule has 0 aliphatic rings. The Hall–Kier alpha value is -3.20. The van der Waals surface area contributed by atoms with Crippen LogP contribution >= 0.6 is 15.9 Å². The Morgan fingerprint density at radius 2 is 1.88 bits per heavy atom. The number of benzene rings is 2. The average Bonchev–Trinajstić information content (AvgIpc) is 3.09. The Kier molecular flexibility index (Phi) is 3.32. The van der Waals surface area contributed by atoms with E-state index in [-0.39, 0.29) is 17.3 Å². The number of nitro groups is 1. The number of aromatic hydroxyl groups is 1. The molecule has 0 saturated carbocycles. The fraction of sp³-hybridized carbons (Fsp3) is 0. The second-order valence-corrected chi connectivity index (χ2v) is 6.38. The number of aromatic amines is 2. The molecule has 25 heavy (non-hydrogen) atoms. The number of fused-ring (bicyclic) bond motifs is 2. The summed E-state index contributed by atoms with van der Waals surface area (Å²) in [7, 11) is 0. The molecular formula is C16H9BrN4O4. The number of nitroso groups, excluding NO2 is 1. The van der Waals surface area contributed by atoms with Gasteiger partial charge in [0.25, 0.3) is 5.69 Å². The molecule has 0 bridgehead atoms. The minimum atomic E-state index is -0.518. The summed E-state index contributed by atoms with van der Waals surface area (Å²) in [6.07, 6.45) is 0. The minimum Gasteiger partial charge on any atom is -0.494 e. The van der Waals surface area contributed by atoms with Gasteiger partial charge >= 0.3 is 0 Å². The minimum absolute atomic E-state index is 0.102. The quantitative estimate of drug-likeness (QED) is 0.251. The van der Waals surface area contributed by atoms with Crippen molar-refractivity contribution >= 4 is 49.1 Å². The molecule has 0 spiro atoms. The topological polar surface area (TPSA) is 124 Å². The van der Waals surface area contributed by atoms with Gasteiger partial charge in [-0.15, -0.1) is 4.91 Å². The van der Waals surface area contributed by atoms with Crippen molar-refractivity contribution in [1.82, 2.24) is 9.97 Å². The van der Waals surface area contributed by atoms with Gasteiger partial charge in [0.15, 0.2) is 5.88 Å². The van der Waals surface area contributed by atoms with Crippen LogP contribution < -0.4 is 0 Å². The van der Waals surface area contributed by atoms with E-state index in [0.717, 1.165) is 4.47 Å². The van der Waals surface area contributed by atoms with E-state index in [1.54, 1.807) is 12.1 Å². The third-order valence-electron chi connectivity index (χ3n) is 4.05. The highest BCUT2D eigenvalue weighted by Crippen LogP contribution is 2.45. The Morgan fingerprint density at radius 1 is 1.08 bits per heavy atom. The van der Waals surface area contributed by atoms with Gasteiger partial charge in [0.05, 0.1) is 21.7 Å². The zero-order chi connectivity index (χ0) is 17.7. The van der Waals surface area contributed by atoms with Gasteiger partial charge in [0, 0.05) is 32.9 Å². The van der Waals surface area contributed by atoms with Gasteiger partial charge in [-0.1, -0.05) is 15.9 Å². The Morgan fingerprint density at radius 3 is 2.60 bits per heavy atom.